The lowest BCUT2D eigenvalue weighted by Gasteiger charge is -2.08. The standard InChI is InChI=1S/C17H32O4.C15H30O4/c1-3-4-5-6-7-8-9-10-11-12-13-14-16(19)21-17(20)15(2)18;1-2-3-4-5-6-7-8-9-10-11-15(18)19-13-14(17)12-16/h15,18H,3-14H2,1-2H3;14,16-17H,2-13H2,1H3. The van der Waals surface area contributed by atoms with Crippen LogP contribution in [0.1, 0.15) is 162 Å². The van der Waals surface area contributed by atoms with Gasteiger partial charge >= 0.3 is 17.9 Å². The second-order valence-electron chi connectivity index (χ2n) is 10.9. The minimum atomic E-state index is -1.23. The summed E-state index contributed by atoms with van der Waals surface area (Å²) in [7, 11) is 0. The molecule has 0 saturated heterocycles. The molecule has 0 saturated carbocycles. The van der Waals surface area contributed by atoms with E-state index in [1.165, 1.54) is 103 Å². The van der Waals surface area contributed by atoms with Gasteiger partial charge in [-0.3, -0.25) is 9.59 Å². The van der Waals surface area contributed by atoms with E-state index >= 15 is 0 Å². The molecule has 0 bridgehead atoms. The molecule has 40 heavy (non-hydrogen) atoms. The number of unbranched alkanes of at least 4 members (excludes halogenated alkanes) is 18. The largest absolute Gasteiger partial charge is 0.463 e. The SMILES string of the molecule is CCCCCCCCCCCC(=O)OCC(O)CO.CCCCCCCCCCCCCC(=O)OC(=O)C(C)O. The zero-order valence-electron chi connectivity index (χ0n) is 26.0. The van der Waals surface area contributed by atoms with Crippen LogP contribution in [0.4, 0.5) is 0 Å². The summed E-state index contributed by atoms with van der Waals surface area (Å²) in [6.07, 6.45) is 22.8. The highest BCUT2D eigenvalue weighted by molar-refractivity contribution is 5.87. The molecule has 0 aromatic heterocycles. The molecule has 8 nitrogen and oxygen atoms in total. The third-order valence-electron chi connectivity index (χ3n) is 6.67. The van der Waals surface area contributed by atoms with E-state index in [0.29, 0.717) is 6.42 Å². The van der Waals surface area contributed by atoms with Crippen molar-refractivity contribution in [1.29, 1.82) is 0 Å². The van der Waals surface area contributed by atoms with Crippen LogP contribution in [0.5, 0.6) is 0 Å². The van der Waals surface area contributed by atoms with Crippen LogP contribution >= 0.6 is 0 Å². The molecule has 0 rings (SSSR count). The van der Waals surface area contributed by atoms with Crippen LogP contribution in [0.3, 0.4) is 0 Å². The van der Waals surface area contributed by atoms with E-state index in [1.54, 1.807) is 0 Å². The number of hydrogen-bond acceptors (Lipinski definition) is 8. The van der Waals surface area contributed by atoms with E-state index < -0.39 is 24.1 Å². The van der Waals surface area contributed by atoms with Crippen molar-refractivity contribution in [3.63, 3.8) is 0 Å². The lowest BCUT2D eigenvalue weighted by molar-refractivity contribution is -0.165. The Kier molecular flexibility index (Phi) is 32.5. The van der Waals surface area contributed by atoms with Crippen LogP contribution in [0.15, 0.2) is 0 Å². The van der Waals surface area contributed by atoms with E-state index in [-0.39, 0.29) is 25.6 Å². The lowest BCUT2D eigenvalue weighted by atomic mass is 10.1. The van der Waals surface area contributed by atoms with E-state index in [2.05, 4.69) is 18.6 Å². The molecule has 0 aliphatic rings. The van der Waals surface area contributed by atoms with E-state index in [9.17, 15) is 14.4 Å². The maximum Gasteiger partial charge on any atom is 0.342 e. The van der Waals surface area contributed by atoms with Crippen molar-refractivity contribution in [2.24, 2.45) is 0 Å². The molecular weight excluding hydrogens is 512 g/mol. The number of ether oxygens (including phenoxy) is 2. The molecular formula is C32H62O8. The Morgan fingerprint density at radius 2 is 0.925 bits per heavy atom. The van der Waals surface area contributed by atoms with Gasteiger partial charge in [-0.15, -0.1) is 0 Å². The number of esters is 3. The summed E-state index contributed by atoms with van der Waals surface area (Å²) >= 11 is 0. The Labute approximate surface area is 244 Å². The van der Waals surface area contributed by atoms with Gasteiger partial charge in [0.1, 0.15) is 18.8 Å². The normalized spacial score (nSPS) is 12.2. The average Bonchev–Trinajstić information content (AvgIpc) is 2.93. The first kappa shape index (κ1) is 40.6. The van der Waals surface area contributed by atoms with Gasteiger partial charge in [0.05, 0.1) is 6.61 Å². The van der Waals surface area contributed by atoms with Crippen LogP contribution in [0.2, 0.25) is 0 Å². The van der Waals surface area contributed by atoms with Crippen molar-refractivity contribution < 1.29 is 39.2 Å². The van der Waals surface area contributed by atoms with E-state index in [0.717, 1.165) is 32.1 Å². The molecule has 8 heteroatoms. The summed E-state index contributed by atoms with van der Waals surface area (Å²) in [5.41, 5.74) is 0. The van der Waals surface area contributed by atoms with Crippen molar-refractivity contribution in [3.05, 3.63) is 0 Å². The van der Waals surface area contributed by atoms with Gasteiger partial charge in [-0.25, -0.2) is 4.79 Å². The molecule has 0 aliphatic heterocycles. The zero-order valence-corrected chi connectivity index (χ0v) is 26.0. The fourth-order valence-corrected chi connectivity index (χ4v) is 4.08. The number of aliphatic hydroxyl groups is 3. The molecule has 3 N–H and O–H groups in total. The van der Waals surface area contributed by atoms with Gasteiger partial charge in [-0.05, 0) is 19.8 Å². The molecule has 0 fully saturated rings. The quantitative estimate of drug-likeness (QED) is 0.0575. The Bertz CT molecular complexity index is 579. The van der Waals surface area contributed by atoms with E-state index in [1.807, 2.05) is 0 Å². The maximum absolute atomic E-state index is 11.3. The van der Waals surface area contributed by atoms with Crippen LogP contribution in [0, 0.1) is 0 Å². The molecule has 2 atom stereocenters. The number of rotatable bonds is 26. The second-order valence-corrected chi connectivity index (χ2v) is 10.9. The topological polar surface area (TPSA) is 130 Å². The fourth-order valence-electron chi connectivity index (χ4n) is 4.08. The van der Waals surface area contributed by atoms with Gasteiger partial charge in [0, 0.05) is 12.8 Å². The molecule has 238 valence electrons. The first-order chi connectivity index (χ1) is 19.3. The van der Waals surface area contributed by atoms with Crippen LogP contribution in [0.25, 0.3) is 0 Å². The smallest absolute Gasteiger partial charge is 0.342 e. The minimum Gasteiger partial charge on any atom is -0.463 e. The van der Waals surface area contributed by atoms with Crippen molar-refractivity contribution in [3.8, 4) is 0 Å². The van der Waals surface area contributed by atoms with Crippen molar-refractivity contribution in [2.75, 3.05) is 13.2 Å². The highest BCUT2D eigenvalue weighted by Crippen LogP contribution is 2.13. The van der Waals surface area contributed by atoms with E-state index in [4.69, 9.17) is 20.1 Å². The molecule has 0 aliphatic carbocycles. The molecule has 2 unspecified atom stereocenters. The van der Waals surface area contributed by atoms with Gasteiger partial charge in [0.2, 0.25) is 0 Å². The molecule has 0 amide bonds. The Morgan fingerprint density at radius 1 is 0.575 bits per heavy atom. The summed E-state index contributed by atoms with van der Waals surface area (Å²) in [5, 5.41) is 26.5. The van der Waals surface area contributed by atoms with Crippen molar-refractivity contribution in [2.45, 2.75) is 174 Å². The van der Waals surface area contributed by atoms with Gasteiger partial charge in [-0.1, -0.05) is 129 Å². The predicted octanol–water partition coefficient (Wildman–Crippen LogP) is 6.94. The zero-order chi connectivity index (χ0) is 30.3. The van der Waals surface area contributed by atoms with Gasteiger partial charge < -0.3 is 24.8 Å². The first-order valence-corrected chi connectivity index (χ1v) is 16.1. The van der Waals surface area contributed by atoms with Gasteiger partial charge in [0.25, 0.3) is 0 Å². The summed E-state index contributed by atoms with van der Waals surface area (Å²) in [4.78, 5) is 33.5. The van der Waals surface area contributed by atoms with Gasteiger partial charge in [0.15, 0.2) is 0 Å². The van der Waals surface area contributed by atoms with Crippen molar-refractivity contribution in [1.82, 2.24) is 0 Å². The fraction of sp³-hybridized carbons (Fsp3) is 0.906. The maximum atomic E-state index is 11.3. The molecule has 0 spiro atoms. The van der Waals surface area contributed by atoms with Crippen LogP contribution in [-0.4, -0.2) is 58.6 Å². The first-order valence-electron chi connectivity index (χ1n) is 16.1. The van der Waals surface area contributed by atoms with Crippen molar-refractivity contribution >= 4 is 17.9 Å². The molecule has 0 radical (unpaired) electrons. The number of hydrogen-bond donors (Lipinski definition) is 3. The number of aliphatic hydroxyl groups excluding tert-OH is 3. The van der Waals surface area contributed by atoms with Crippen LogP contribution in [-0.2, 0) is 23.9 Å². The molecule has 0 aromatic carbocycles. The van der Waals surface area contributed by atoms with Crippen LogP contribution < -0.4 is 0 Å². The summed E-state index contributed by atoms with van der Waals surface area (Å²) in [5.74, 6) is -1.67. The summed E-state index contributed by atoms with van der Waals surface area (Å²) < 4.78 is 9.29. The third-order valence-corrected chi connectivity index (χ3v) is 6.67. The summed E-state index contributed by atoms with van der Waals surface area (Å²) in [6, 6.07) is 0. The Balaban J connectivity index is 0. The highest BCUT2D eigenvalue weighted by atomic mass is 16.6. The Morgan fingerprint density at radius 3 is 1.27 bits per heavy atom. The minimum absolute atomic E-state index is 0.104. The Hall–Kier alpha value is -1.51. The average molecular weight is 575 g/mol. The molecule has 0 heterocycles. The monoisotopic (exact) mass is 574 g/mol. The number of carbonyl (C=O) groups is 3. The lowest BCUT2D eigenvalue weighted by Crippen LogP contribution is -2.22. The van der Waals surface area contributed by atoms with Gasteiger partial charge in [-0.2, -0.15) is 0 Å². The molecule has 0 aromatic rings. The second kappa shape index (κ2) is 32.0. The number of carbonyl (C=O) groups excluding carboxylic acids is 3. The highest BCUT2D eigenvalue weighted by Gasteiger charge is 2.14. The predicted molar refractivity (Wildman–Crippen MR) is 160 cm³/mol. The summed E-state index contributed by atoms with van der Waals surface area (Å²) in [6.45, 7) is 5.27. The third kappa shape index (κ3) is 32.7.